The zero-order valence-electron chi connectivity index (χ0n) is 10.0. The Morgan fingerprint density at radius 2 is 2.17 bits per heavy atom. The van der Waals surface area contributed by atoms with E-state index in [0.29, 0.717) is 18.8 Å². The van der Waals surface area contributed by atoms with E-state index in [4.69, 9.17) is 5.73 Å². The van der Waals surface area contributed by atoms with E-state index in [9.17, 15) is 10.1 Å². The fourth-order valence-electron chi connectivity index (χ4n) is 1.96. The summed E-state index contributed by atoms with van der Waals surface area (Å²) in [7, 11) is 1.79. The van der Waals surface area contributed by atoms with E-state index in [1.165, 1.54) is 6.20 Å². The Bertz CT molecular complexity index is 585. The highest BCUT2D eigenvalue weighted by molar-refractivity contribution is 5.96. The van der Waals surface area contributed by atoms with E-state index in [1.807, 2.05) is 24.3 Å². The van der Waals surface area contributed by atoms with Crippen LogP contribution in [0.25, 0.3) is 10.9 Å². The smallest absolute Gasteiger partial charge is 0.311 e. The van der Waals surface area contributed by atoms with Crippen LogP contribution in [0.5, 0.6) is 0 Å². The molecule has 0 radical (unpaired) electrons. The number of nitro groups is 1. The van der Waals surface area contributed by atoms with Crippen molar-refractivity contribution in [2.24, 2.45) is 5.73 Å². The van der Waals surface area contributed by atoms with Crippen LogP contribution in [0.1, 0.15) is 0 Å². The summed E-state index contributed by atoms with van der Waals surface area (Å²) in [6.45, 7) is 0.985. The minimum absolute atomic E-state index is 0.00431. The fourth-order valence-corrected chi connectivity index (χ4v) is 1.96. The van der Waals surface area contributed by atoms with E-state index >= 15 is 0 Å². The molecule has 2 N–H and O–H groups in total. The van der Waals surface area contributed by atoms with Crippen molar-refractivity contribution in [2.75, 3.05) is 25.0 Å². The number of para-hydroxylation sites is 1. The average Bonchev–Trinajstić information content (AvgIpc) is 2.37. The largest absolute Gasteiger partial charge is 0.367 e. The van der Waals surface area contributed by atoms with Gasteiger partial charge in [-0.3, -0.25) is 10.1 Å². The van der Waals surface area contributed by atoms with Crippen molar-refractivity contribution in [2.45, 2.75) is 0 Å². The summed E-state index contributed by atoms with van der Waals surface area (Å²) in [5.41, 5.74) is 6.82. The lowest BCUT2D eigenvalue weighted by molar-refractivity contribution is -0.384. The Morgan fingerprint density at radius 1 is 1.44 bits per heavy atom. The molecule has 0 aliphatic heterocycles. The topological polar surface area (TPSA) is 85.3 Å². The average molecular weight is 246 g/mol. The monoisotopic (exact) mass is 246 g/mol. The van der Waals surface area contributed by atoms with Gasteiger partial charge in [-0.05, 0) is 6.07 Å². The van der Waals surface area contributed by atoms with Gasteiger partial charge in [-0.15, -0.1) is 0 Å². The van der Waals surface area contributed by atoms with Gasteiger partial charge in [-0.2, -0.15) is 0 Å². The Kier molecular flexibility index (Phi) is 3.38. The number of likely N-dealkylation sites (N-methyl/N-ethyl adjacent to an activating group) is 1. The van der Waals surface area contributed by atoms with Gasteiger partial charge < -0.3 is 10.6 Å². The summed E-state index contributed by atoms with van der Waals surface area (Å²) in [6.07, 6.45) is 1.30. The summed E-state index contributed by atoms with van der Waals surface area (Å²) < 4.78 is 0. The second-order valence-corrected chi connectivity index (χ2v) is 3.98. The third kappa shape index (κ3) is 2.10. The van der Waals surface area contributed by atoms with Gasteiger partial charge in [0.1, 0.15) is 11.9 Å². The first-order valence-electron chi connectivity index (χ1n) is 5.58. The summed E-state index contributed by atoms with van der Waals surface area (Å²) >= 11 is 0. The molecule has 0 unspecified atom stereocenters. The van der Waals surface area contributed by atoms with Gasteiger partial charge in [0.15, 0.2) is 0 Å². The van der Waals surface area contributed by atoms with Crippen LogP contribution in [0.4, 0.5) is 11.4 Å². The lowest BCUT2D eigenvalue weighted by Crippen LogP contribution is -2.26. The maximum absolute atomic E-state index is 11.1. The first-order chi connectivity index (χ1) is 8.65. The minimum atomic E-state index is -0.415. The summed E-state index contributed by atoms with van der Waals surface area (Å²) in [6, 6.07) is 7.36. The number of pyridine rings is 1. The number of hydrogen-bond acceptors (Lipinski definition) is 5. The standard InChI is InChI=1S/C12H14N4O2/c1-15(7-6-13)12-9-4-2-3-5-10(9)14-8-11(12)16(17)18/h2-5,8H,6-7,13H2,1H3. The normalized spacial score (nSPS) is 10.6. The zero-order valence-corrected chi connectivity index (χ0v) is 10.0. The van der Waals surface area contributed by atoms with Crippen LogP contribution in [0.15, 0.2) is 30.5 Å². The third-order valence-corrected chi connectivity index (χ3v) is 2.77. The molecule has 0 saturated heterocycles. The Balaban J connectivity index is 2.70. The molecule has 2 rings (SSSR count). The molecule has 6 heteroatoms. The van der Waals surface area contributed by atoms with Crippen molar-refractivity contribution in [1.82, 2.24) is 4.98 Å². The molecule has 1 aromatic carbocycles. The molecule has 0 spiro atoms. The molecule has 18 heavy (non-hydrogen) atoms. The van der Waals surface area contributed by atoms with E-state index in [-0.39, 0.29) is 5.69 Å². The zero-order chi connectivity index (χ0) is 13.1. The molecule has 1 aromatic heterocycles. The molecule has 0 amide bonds. The van der Waals surface area contributed by atoms with Gasteiger partial charge in [0.05, 0.1) is 10.4 Å². The van der Waals surface area contributed by atoms with Crippen LogP contribution in [-0.2, 0) is 0 Å². The van der Waals surface area contributed by atoms with Gasteiger partial charge in [0, 0.05) is 25.5 Å². The van der Waals surface area contributed by atoms with Gasteiger partial charge in [0.25, 0.3) is 0 Å². The Hall–Kier alpha value is -2.21. The number of nitrogens with zero attached hydrogens (tertiary/aromatic N) is 3. The van der Waals surface area contributed by atoms with E-state index in [0.717, 1.165) is 10.9 Å². The van der Waals surface area contributed by atoms with Gasteiger partial charge in [0.2, 0.25) is 0 Å². The van der Waals surface area contributed by atoms with Crippen molar-refractivity contribution in [3.05, 3.63) is 40.6 Å². The van der Waals surface area contributed by atoms with Crippen LogP contribution < -0.4 is 10.6 Å². The van der Waals surface area contributed by atoms with E-state index in [2.05, 4.69) is 4.98 Å². The van der Waals surface area contributed by atoms with Crippen LogP contribution in [0, 0.1) is 10.1 Å². The molecular formula is C12H14N4O2. The van der Waals surface area contributed by atoms with E-state index in [1.54, 1.807) is 11.9 Å². The van der Waals surface area contributed by atoms with Crippen molar-refractivity contribution < 1.29 is 4.92 Å². The molecule has 6 nitrogen and oxygen atoms in total. The molecule has 0 atom stereocenters. The molecule has 94 valence electrons. The van der Waals surface area contributed by atoms with Crippen LogP contribution in [-0.4, -0.2) is 30.0 Å². The van der Waals surface area contributed by atoms with E-state index < -0.39 is 4.92 Å². The van der Waals surface area contributed by atoms with Crippen molar-refractivity contribution in [1.29, 1.82) is 0 Å². The van der Waals surface area contributed by atoms with Crippen LogP contribution in [0.2, 0.25) is 0 Å². The molecule has 0 aliphatic rings. The lowest BCUT2D eigenvalue weighted by Gasteiger charge is -2.19. The molecule has 0 bridgehead atoms. The number of fused-ring (bicyclic) bond motifs is 1. The molecular weight excluding hydrogens is 232 g/mol. The highest BCUT2D eigenvalue weighted by atomic mass is 16.6. The quantitative estimate of drug-likeness (QED) is 0.653. The van der Waals surface area contributed by atoms with Crippen molar-refractivity contribution in [3.8, 4) is 0 Å². The second kappa shape index (κ2) is 4.97. The number of rotatable bonds is 4. The fraction of sp³-hybridized carbons (Fsp3) is 0.250. The summed E-state index contributed by atoms with van der Waals surface area (Å²) in [5.74, 6) is 0. The first-order valence-corrected chi connectivity index (χ1v) is 5.58. The number of anilines is 1. The molecule has 0 fully saturated rings. The highest BCUT2D eigenvalue weighted by Crippen LogP contribution is 2.33. The predicted molar refractivity (Wildman–Crippen MR) is 70.7 cm³/mol. The van der Waals surface area contributed by atoms with Crippen molar-refractivity contribution in [3.63, 3.8) is 0 Å². The second-order valence-electron chi connectivity index (χ2n) is 3.98. The third-order valence-electron chi connectivity index (χ3n) is 2.77. The maximum Gasteiger partial charge on any atom is 0.311 e. The molecule has 2 aromatic rings. The van der Waals surface area contributed by atoms with Gasteiger partial charge in [-0.1, -0.05) is 18.2 Å². The number of hydrogen-bond donors (Lipinski definition) is 1. The number of aromatic nitrogens is 1. The highest BCUT2D eigenvalue weighted by Gasteiger charge is 2.20. The minimum Gasteiger partial charge on any atom is -0.367 e. The Morgan fingerprint density at radius 3 is 2.83 bits per heavy atom. The maximum atomic E-state index is 11.1. The summed E-state index contributed by atoms with van der Waals surface area (Å²) in [4.78, 5) is 16.6. The molecule has 0 saturated carbocycles. The Labute approximate surface area is 104 Å². The van der Waals surface area contributed by atoms with Crippen molar-refractivity contribution >= 4 is 22.3 Å². The van der Waals surface area contributed by atoms with Crippen LogP contribution >= 0.6 is 0 Å². The molecule has 1 heterocycles. The predicted octanol–water partition coefficient (Wildman–Crippen LogP) is 1.54. The lowest BCUT2D eigenvalue weighted by atomic mass is 10.1. The summed E-state index contributed by atoms with van der Waals surface area (Å²) in [5, 5.41) is 11.8. The molecule has 0 aliphatic carbocycles. The first kappa shape index (κ1) is 12.3. The number of benzene rings is 1. The van der Waals surface area contributed by atoms with Gasteiger partial charge in [-0.25, -0.2) is 4.98 Å². The SMILES string of the molecule is CN(CCN)c1c([N+](=O)[O-])cnc2ccccc12. The van der Waals surface area contributed by atoms with Crippen LogP contribution in [0.3, 0.4) is 0 Å². The number of nitrogens with two attached hydrogens (primary N) is 1. The van der Waals surface area contributed by atoms with Gasteiger partial charge >= 0.3 is 5.69 Å².